The molecule has 0 aliphatic rings. The fourth-order valence-corrected chi connectivity index (χ4v) is 0.864. The van der Waals surface area contributed by atoms with Gasteiger partial charge in [0, 0.05) is 33.4 Å². The van der Waals surface area contributed by atoms with Crippen LogP contribution in [0.15, 0.2) is 24.3 Å². The third-order valence-corrected chi connectivity index (χ3v) is 1.51. The Bertz CT molecular complexity index is 436. The Morgan fingerprint density at radius 1 is 1.50 bits per heavy atom. The number of carbonyl (C=O) groups is 1. The van der Waals surface area contributed by atoms with Crippen LogP contribution in [-0.2, 0) is 0 Å². The van der Waals surface area contributed by atoms with Gasteiger partial charge in [-0.05, 0) is 19.1 Å². The Morgan fingerprint density at radius 3 is 2.83 bits per heavy atom. The van der Waals surface area contributed by atoms with Gasteiger partial charge in [0.15, 0.2) is 5.78 Å². The maximum atomic E-state index is 11.2. The van der Waals surface area contributed by atoms with Crippen molar-refractivity contribution < 1.29 is 13.0 Å². The predicted molar refractivity (Wildman–Crippen MR) is 50.8 cm³/mol. The van der Waals surface area contributed by atoms with E-state index in [9.17, 15) is 4.79 Å². The molecule has 0 heterocycles. The molecule has 0 saturated heterocycles. The van der Waals surface area contributed by atoms with Gasteiger partial charge in [-0.25, -0.2) is 0 Å². The SMILES string of the molecule is [2H]C([2H])([2H])N(c1cccc(C(C)=O)c1)C([2H])([2H])[2H]. The summed E-state index contributed by atoms with van der Waals surface area (Å²) in [6, 6.07) is 5.58. The molecule has 0 aromatic heterocycles. The first-order valence-corrected chi connectivity index (χ1v) is 3.45. The van der Waals surface area contributed by atoms with Crippen LogP contribution in [0.4, 0.5) is 5.69 Å². The van der Waals surface area contributed by atoms with Gasteiger partial charge in [0.05, 0.1) is 0 Å². The molecule has 0 bridgehead atoms. The number of nitrogens with zero attached hydrogens (tertiary/aromatic N) is 1. The minimum Gasteiger partial charge on any atom is -0.378 e. The first-order valence-electron chi connectivity index (χ1n) is 6.45. The minimum absolute atomic E-state index is 0.0253. The van der Waals surface area contributed by atoms with Gasteiger partial charge in [-0.3, -0.25) is 4.79 Å². The summed E-state index contributed by atoms with van der Waals surface area (Å²) in [4.78, 5) is 11.6. The van der Waals surface area contributed by atoms with Gasteiger partial charge in [-0.2, -0.15) is 0 Å². The molecule has 0 spiro atoms. The molecule has 0 radical (unpaired) electrons. The van der Waals surface area contributed by atoms with Crippen molar-refractivity contribution >= 4 is 11.5 Å². The molecule has 2 nitrogen and oxygen atoms in total. The highest BCUT2D eigenvalue weighted by Crippen LogP contribution is 2.13. The maximum absolute atomic E-state index is 11.2. The van der Waals surface area contributed by atoms with Gasteiger partial charge in [0.25, 0.3) is 0 Å². The number of hydrogen-bond acceptors (Lipinski definition) is 2. The first-order chi connectivity index (χ1) is 8.03. The van der Waals surface area contributed by atoms with Crippen molar-refractivity contribution in [3.63, 3.8) is 0 Å². The number of rotatable bonds is 2. The summed E-state index contributed by atoms with van der Waals surface area (Å²) < 4.78 is 43.6. The molecule has 2 heteroatoms. The van der Waals surface area contributed by atoms with Crippen LogP contribution in [-0.4, -0.2) is 19.7 Å². The molecule has 1 aromatic rings. The molecule has 1 aromatic carbocycles. The molecule has 0 aliphatic carbocycles. The van der Waals surface area contributed by atoms with E-state index < -0.39 is 14.0 Å². The Kier molecular flexibility index (Phi) is 1.02. The highest BCUT2D eigenvalue weighted by atomic mass is 16.1. The number of ketones is 1. The zero-order valence-corrected chi connectivity index (χ0v) is 6.66. The van der Waals surface area contributed by atoms with E-state index in [1.54, 1.807) is 0 Å². The molecule has 0 unspecified atom stereocenters. The second-order valence-corrected chi connectivity index (χ2v) is 2.44. The van der Waals surface area contributed by atoms with E-state index in [4.69, 9.17) is 8.22 Å². The molecule has 0 amide bonds. The molecule has 0 N–H and O–H groups in total. The van der Waals surface area contributed by atoms with Crippen molar-refractivity contribution in [3.8, 4) is 0 Å². The van der Waals surface area contributed by atoms with Crippen molar-refractivity contribution in [3.05, 3.63) is 29.8 Å². The molecular weight excluding hydrogens is 150 g/mol. The Balaban J connectivity index is 3.31. The van der Waals surface area contributed by atoms with E-state index in [2.05, 4.69) is 0 Å². The lowest BCUT2D eigenvalue weighted by Crippen LogP contribution is -2.09. The van der Waals surface area contributed by atoms with Crippen molar-refractivity contribution in [2.75, 3.05) is 18.9 Å². The summed E-state index contributed by atoms with van der Waals surface area (Å²) in [5.74, 6) is -0.257. The number of carbonyl (C=O) groups excluding carboxylic acids is 1. The lowest BCUT2D eigenvalue weighted by molar-refractivity contribution is 0.101. The van der Waals surface area contributed by atoms with Crippen LogP contribution in [0, 0.1) is 0 Å². The standard InChI is InChI=1S/C10H13NO/c1-8(12)9-5-4-6-10(7-9)11(2)3/h4-7H,1-3H3/i2D3,3D3. The van der Waals surface area contributed by atoms with Crippen LogP contribution < -0.4 is 4.90 Å². The van der Waals surface area contributed by atoms with E-state index in [1.165, 1.54) is 31.2 Å². The van der Waals surface area contributed by atoms with Crippen LogP contribution in [0.1, 0.15) is 25.5 Å². The number of Topliss-reactive ketones (excluding diaryl/α,β-unsaturated/α-hetero) is 1. The van der Waals surface area contributed by atoms with Crippen molar-refractivity contribution in [1.29, 1.82) is 0 Å². The third-order valence-electron chi connectivity index (χ3n) is 1.51. The van der Waals surface area contributed by atoms with Gasteiger partial charge in [0.2, 0.25) is 0 Å². The van der Waals surface area contributed by atoms with Gasteiger partial charge in [-0.1, -0.05) is 12.1 Å². The van der Waals surface area contributed by atoms with Crippen LogP contribution in [0.5, 0.6) is 0 Å². The summed E-state index contributed by atoms with van der Waals surface area (Å²) in [6.45, 7) is -4.28. The Hall–Kier alpha value is -1.31. The second-order valence-electron chi connectivity index (χ2n) is 2.44. The van der Waals surface area contributed by atoms with E-state index in [0.29, 0.717) is 4.90 Å². The second kappa shape index (κ2) is 3.39. The van der Waals surface area contributed by atoms with Gasteiger partial charge in [0.1, 0.15) is 0 Å². The molecule has 12 heavy (non-hydrogen) atoms. The summed E-state index contributed by atoms with van der Waals surface area (Å²) in [5, 5.41) is 0. The number of hydrogen-bond donors (Lipinski definition) is 0. The molecule has 0 fully saturated rings. The third kappa shape index (κ3) is 1.84. The summed E-state index contributed by atoms with van der Waals surface area (Å²) in [5.41, 5.74) is 0.244. The van der Waals surface area contributed by atoms with E-state index in [-0.39, 0.29) is 17.0 Å². The zero-order valence-electron chi connectivity index (χ0n) is 12.7. The first kappa shape index (κ1) is 3.60. The van der Waals surface area contributed by atoms with E-state index in [1.807, 2.05) is 0 Å². The fourth-order valence-electron chi connectivity index (χ4n) is 0.864. The van der Waals surface area contributed by atoms with Crippen LogP contribution >= 0.6 is 0 Å². The monoisotopic (exact) mass is 169 g/mol. The molecular formula is C10H13NO. The van der Waals surface area contributed by atoms with Crippen LogP contribution in [0.25, 0.3) is 0 Å². The van der Waals surface area contributed by atoms with Crippen molar-refractivity contribution in [2.24, 2.45) is 0 Å². The lowest BCUT2D eigenvalue weighted by atomic mass is 10.1. The summed E-state index contributed by atoms with van der Waals surface area (Å²) in [6.07, 6.45) is 0. The molecule has 1 rings (SSSR count). The molecule has 64 valence electrons. The largest absolute Gasteiger partial charge is 0.378 e. The van der Waals surface area contributed by atoms with Gasteiger partial charge < -0.3 is 4.90 Å². The van der Waals surface area contributed by atoms with E-state index in [0.717, 1.165) is 0 Å². The highest BCUT2D eigenvalue weighted by molar-refractivity contribution is 5.94. The fraction of sp³-hybridized carbons (Fsp3) is 0.300. The Morgan fingerprint density at radius 2 is 2.25 bits per heavy atom. The highest BCUT2D eigenvalue weighted by Gasteiger charge is 2.00. The quantitative estimate of drug-likeness (QED) is 0.631. The maximum Gasteiger partial charge on any atom is 0.159 e. The zero-order chi connectivity index (χ0) is 14.1. The Labute approximate surface area is 81.2 Å². The average Bonchev–Trinajstić information content (AvgIpc) is 2.13. The molecule has 0 atom stereocenters. The minimum atomic E-state index is -2.80. The van der Waals surface area contributed by atoms with Crippen molar-refractivity contribution in [2.45, 2.75) is 6.92 Å². The average molecular weight is 169 g/mol. The van der Waals surface area contributed by atoms with Gasteiger partial charge >= 0.3 is 0 Å². The number of benzene rings is 1. The summed E-state index contributed by atoms with van der Waals surface area (Å²) in [7, 11) is 0. The normalized spacial score (nSPS) is 19.1. The predicted octanol–water partition coefficient (Wildman–Crippen LogP) is 1.96. The van der Waals surface area contributed by atoms with Crippen molar-refractivity contribution in [1.82, 2.24) is 0 Å². The van der Waals surface area contributed by atoms with Gasteiger partial charge in [-0.15, -0.1) is 0 Å². The smallest absolute Gasteiger partial charge is 0.159 e. The lowest BCUT2D eigenvalue weighted by Gasteiger charge is -2.12. The molecule has 0 aliphatic heterocycles. The topological polar surface area (TPSA) is 20.3 Å². The van der Waals surface area contributed by atoms with E-state index >= 15 is 0 Å². The summed E-state index contributed by atoms with van der Waals surface area (Å²) >= 11 is 0. The van der Waals surface area contributed by atoms with Crippen LogP contribution in [0.3, 0.4) is 0 Å². The number of anilines is 1. The van der Waals surface area contributed by atoms with Crippen LogP contribution in [0.2, 0.25) is 0 Å². The molecule has 0 saturated carbocycles.